The number of hydrogen-bond acceptors (Lipinski definition) is 9. The monoisotopic (exact) mass is 464 g/mol. The van der Waals surface area contributed by atoms with Crippen molar-refractivity contribution >= 4 is 28.9 Å². The molecule has 0 saturated heterocycles. The predicted octanol–water partition coefficient (Wildman–Crippen LogP) is 1.87. The Morgan fingerprint density at radius 2 is 2.15 bits per heavy atom. The van der Waals surface area contributed by atoms with E-state index in [1.807, 2.05) is 0 Å². The maximum absolute atomic E-state index is 13.0. The Labute approximate surface area is 194 Å². The molecule has 4 heterocycles. The topological polar surface area (TPSA) is 141 Å². The van der Waals surface area contributed by atoms with Gasteiger partial charge in [0.05, 0.1) is 24.5 Å². The van der Waals surface area contributed by atoms with E-state index >= 15 is 0 Å². The number of aryl methyl sites for hydroxylation is 1. The van der Waals surface area contributed by atoms with E-state index in [2.05, 4.69) is 31.0 Å². The van der Waals surface area contributed by atoms with Gasteiger partial charge in [0.1, 0.15) is 22.9 Å². The largest absolute Gasteiger partial charge is 0.425 e. The second kappa shape index (κ2) is 8.63. The number of carbonyl (C=O) groups is 1. The lowest BCUT2D eigenvalue weighted by Gasteiger charge is -2.35. The van der Waals surface area contributed by atoms with E-state index < -0.39 is 0 Å². The second-order valence-electron chi connectivity index (χ2n) is 7.94. The van der Waals surface area contributed by atoms with Crippen LogP contribution in [0.15, 0.2) is 46.0 Å². The average Bonchev–Trinajstić information content (AvgIpc) is 3.44. The summed E-state index contributed by atoms with van der Waals surface area (Å²) in [6.07, 6.45) is 6.33. The fraction of sp³-hybridized carbons (Fsp3) is 0.318. The Bertz CT molecular complexity index is 1420. The summed E-state index contributed by atoms with van der Waals surface area (Å²) in [6.45, 7) is 1.70. The maximum Gasteiger partial charge on any atom is 0.281 e. The SMILES string of the molecule is CNc1cc(Nc2cccn(-c3cnc(C)o3)c2=O)nc2c(C(=O)N[C@@H]3CC[C@H]3OC)cnn12. The van der Waals surface area contributed by atoms with Crippen molar-refractivity contribution in [2.75, 3.05) is 24.8 Å². The number of oxazole rings is 1. The molecule has 1 aliphatic rings. The molecule has 176 valence electrons. The molecule has 1 fully saturated rings. The minimum atomic E-state index is -0.339. The zero-order valence-corrected chi connectivity index (χ0v) is 18.9. The van der Waals surface area contributed by atoms with Gasteiger partial charge in [-0.2, -0.15) is 9.61 Å². The van der Waals surface area contributed by atoms with Gasteiger partial charge in [-0.3, -0.25) is 14.2 Å². The van der Waals surface area contributed by atoms with Crippen LogP contribution in [0.5, 0.6) is 0 Å². The van der Waals surface area contributed by atoms with Gasteiger partial charge in [-0.05, 0) is 25.0 Å². The summed E-state index contributed by atoms with van der Waals surface area (Å²) in [5.41, 5.74) is 0.610. The number of methoxy groups -OCH3 is 1. The van der Waals surface area contributed by atoms with Gasteiger partial charge in [0.2, 0.25) is 5.88 Å². The van der Waals surface area contributed by atoms with E-state index in [-0.39, 0.29) is 29.3 Å². The highest BCUT2D eigenvalue weighted by molar-refractivity contribution is 6.00. The van der Waals surface area contributed by atoms with Crippen LogP contribution in [0, 0.1) is 6.92 Å². The quantitative estimate of drug-likeness (QED) is 0.374. The zero-order valence-electron chi connectivity index (χ0n) is 18.9. The van der Waals surface area contributed by atoms with Crippen molar-refractivity contribution in [3.05, 3.63) is 58.6 Å². The standard InChI is InChI=1S/C22H24N8O4/c1-12-24-11-19(34-12)29-8-4-5-15(22(29)32)26-17-9-18(23-2)30-20(28-17)13(10-25-30)21(31)27-14-6-7-16(14)33-3/h4-5,8-11,14,16,23H,6-7H2,1-3H3,(H,26,28)(H,27,31)/t14-,16-/m1/s1. The predicted molar refractivity (Wildman–Crippen MR) is 124 cm³/mol. The summed E-state index contributed by atoms with van der Waals surface area (Å²) >= 11 is 0. The minimum absolute atomic E-state index is 0.0113. The third-order valence-corrected chi connectivity index (χ3v) is 5.86. The third kappa shape index (κ3) is 3.77. The number of rotatable bonds is 7. The van der Waals surface area contributed by atoms with Crippen molar-refractivity contribution < 1.29 is 13.9 Å². The van der Waals surface area contributed by atoms with Gasteiger partial charge >= 0.3 is 0 Å². The first-order valence-corrected chi connectivity index (χ1v) is 10.8. The molecule has 1 aliphatic carbocycles. The number of carbonyl (C=O) groups excluding carboxylic acids is 1. The smallest absolute Gasteiger partial charge is 0.281 e. The molecular formula is C22H24N8O4. The van der Waals surface area contributed by atoms with Gasteiger partial charge in [-0.15, -0.1) is 0 Å². The molecule has 0 spiro atoms. The second-order valence-corrected chi connectivity index (χ2v) is 7.94. The zero-order chi connectivity index (χ0) is 23.8. The number of anilines is 3. The van der Waals surface area contributed by atoms with Gasteiger partial charge < -0.3 is 25.1 Å². The summed E-state index contributed by atoms with van der Waals surface area (Å²) in [4.78, 5) is 34.6. The maximum atomic E-state index is 13.0. The summed E-state index contributed by atoms with van der Waals surface area (Å²) < 4.78 is 13.7. The molecule has 12 heteroatoms. The van der Waals surface area contributed by atoms with Gasteiger partial charge in [0, 0.05) is 33.3 Å². The number of fused-ring (bicyclic) bond motifs is 1. The van der Waals surface area contributed by atoms with E-state index in [0.717, 1.165) is 12.8 Å². The van der Waals surface area contributed by atoms with Crippen molar-refractivity contribution in [1.82, 2.24) is 29.5 Å². The van der Waals surface area contributed by atoms with Crippen molar-refractivity contribution in [2.45, 2.75) is 31.9 Å². The molecule has 5 rings (SSSR count). The van der Waals surface area contributed by atoms with Crippen LogP contribution in [0.2, 0.25) is 0 Å². The number of pyridine rings is 1. The van der Waals surface area contributed by atoms with Crippen LogP contribution < -0.4 is 21.5 Å². The Hall–Kier alpha value is -4.19. The molecule has 34 heavy (non-hydrogen) atoms. The number of amides is 1. The van der Waals surface area contributed by atoms with E-state index in [1.165, 1.54) is 21.5 Å². The molecular weight excluding hydrogens is 440 g/mol. The summed E-state index contributed by atoms with van der Waals surface area (Å²) in [6, 6.07) is 5.00. The van der Waals surface area contributed by atoms with Crippen LogP contribution in [0.4, 0.5) is 17.3 Å². The van der Waals surface area contributed by atoms with Crippen LogP contribution in [0.3, 0.4) is 0 Å². The van der Waals surface area contributed by atoms with E-state index in [4.69, 9.17) is 9.15 Å². The fourth-order valence-electron chi connectivity index (χ4n) is 3.89. The Balaban J connectivity index is 1.48. The summed E-state index contributed by atoms with van der Waals surface area (Å²) in [5.74, 6) is 1.44. The third-order valence-electron chi connectivity index (χ3n) is 5.86. The molecule has 0 bridgehead atoms. The normalized spacial score (nSPS) is 17.4. The molecule has 2 atom stereocenters. The molecule has 0 unspecified atom stereocenters. The highest BCUT2D eigenvalue weighted by atomic mass is 16.5. The van der Waals surface area contributed by atoms with Crippen molar-refractivity contribution in [3.8, 4) is 5.88 Å². The van der Waals surface area contributed by atoms with E-state index in [0.29, 0.717) is 34.6 Å². The van der Waals surface area contributed by atoms with Crippen molar-refractivity contribution in [3.63, 3.8) is 0 Å². The number of nitrogens with zero attached hydrogens (tertiary/aromatic N) is 5. The number of hydrogen-bond donors (Lipinski definition) is 3. The van der Waals surface area contributed by atoms with Gasteiger partial charge in [0.15, 0.2) is 11.5 Å². The molecule has 12 nitrogen and oxygen atoms in total. The van der Waals surface area contributed by atoms with Crippen LogP contribution in [0.1, 0.15) is 29.1 Å². The first-order valence-electron chi connectivity index (χ1n) is 10.8. The van der Waals surface area contributed by atoms with Crippen molar-refractivity contribution in [2.24, 2.45) is 0 Å². The molecule has 1 saturated carbocycles. The summed E-state index contributed by atoms with van der Waals surface area (Å²) in [7, 11) is 3.37. The first kappa shape index (κ1) is 21.6. The lowest BCUT2D eigenvalue weighted by molar-refractivity contribution is 0.00732. The van der Waals surface area contributed by atoms with Crippen LogP contribution >= 0.6 is 0 Å². The first-order chi connectivity index (χ1) is 16.5. The minimum Gasteiger partial charge on any atom is -0.425 e. The molecule has 0 radical (unpaired) electrons. The lowest BCUT2D eigenvalue weighted by atomic mass is 9.89. The molecule has 3 N–H and O–H groups in total. The number of aromatic nitrogens is 5. The van der Waals surface area contributed by atoms with Gasteiger partial charge in [0.25, 0.3) is 11.5 Å². The highest BCUT2D eigenvalue weighted by Gasteiger charge is 2.33. The van der Waals surface area contributed by atoms with Crippen LogP contribution in [-0.4, -0.2) is 56.4 Å². The number of nitrogens with one attached hydrogen (secondary N) is 3. The van der Waals surface area contributed by atoms with Crippen molar-refractivity contribution in [1.29, 1.82) is 0 Å². The Morgan fingerprint density at radius 3 is 2.82 bits per heavy atom. The highest BCUT2D eigenvalue weighted by Crippen LogP contribution is 2.25. The van der Waals surface area contributed by atoms with Gasteiger partial charge in [-0.25, -0.2) is 9.97 Å². The van der Waals surface area contributed by atoms with Crippen LogP contribution in [0.25, 0.3) is 11.5 Å². The average molecular weight is 464 g/mol. The van der Waals surface area contributed by atoms with E-state index in [1.54, 1.807) is 45.5 Å². The molecule has 0 aromatic carbocycles. The summed E-state index contributed by atoms with van der Waals surface area (Å²) in [5, 5.41) is 13.4. The molecule has 4 aromatic heterocycles. The van der Waals surface area contributed by atoms with Crippen LogP contribution in [-0.2, 0) is 4.74 Å². The lowest BCUT2D eigenvalue weighted by Crippen LogP contribution is -2.51. The number of ether oxygens (including phenoxy) is 1. The van der Waals surface area contributed by atoms with E-state index in [9.17, 15) is 9.59 Å². The Morgan fingerprint density at radius 1 is 1.29 bits per heavy atom. The fourth-order valence-corrected chi connectivity index (χ4v) is 3.89. The Kier molecular flexibility index (Phi) is 5.49. The van der Waals surface area contributed by atoms with Gasteiger partial charge in [-0.1, -0.05) is 0 Å². The molecule has 0 aliphatic heterocycles. The molecule has 4 aromatic rings. The molecule has 1 amide bonds.